The van der Waals surface area contributed by atoms with Gasteiger partial charge in [-0.2, -0.15) is 0 Å². The lowest BCUT2D eigenvalue weighted by molar-refractivity contribution is 0.186. The molecule has 21 heavy (non-hydrogen) atoms. The molecule has 0 amide bonds. The van der Waals surface area contributed by atoms with Crippen molar-refractivity contribution < 1.29 is 9.47 Å². The first kappa shape index (κ1) is 15.3. The van der Waals surface area contributed by atoms with Gasteiger partial charge >= 0.3 is 0 Å². The van der Waals surface area contributed by atoms with Crippen LogP contribution in [-0.2, 0) is 11.3 Å². The lowest BCUT2D eigenvalue weighted by Crippen LogP contribution is -2.29. The van der Waals surface area contributed by atoms with Crippen molar-refractivity contribution in [2.45, 2.75) is 12.6 Å². The monoisotopic (exact) mass is 288 g/mol. The maximum Gasteiger partial charge on any atom is 0.255 e. The molecule has 1 aromatic heterocycles. The zero-order chi connectivity index (χ0) is 15.2. The fourth-order valence-electron chi connectivity index (χ4n) is 2.15. The summed E-state index contributed by atoms with van der Waals surface area (Å²) < 4.78 is 11.7. The van der Waals surface area contributed by atoms with Crippen molar-refractivity contribution in [3.05, 3.63) is 64.1 Å². The third-order valence-electron chi connectivity index (χ3n) is 3.40. The fourth-order valence-corrected chi connectivity index (χ4v) is 2.15. The quantitative estimate of drug-likeness (QED) is 0.876. The summed E-state index contributed by atoms with van der Waals surface area (Å²) in [4.78, 5) is 12.4. The normalized spacial score (nSPS) is 12.1. The van der Waals surface area contributed by atoms with Gasteiger partial charge in [0.2, 0.25) is 0 Å². The molecule has 0 fully saturated rings. The molecule has 0 aliphatic rings. The average molecular weight is 288 g/mol. The molecule has 2 N–H and O–H groups in total. The Morgan fingerprint density at radius 1 is 1.19 bits per heavy atom. The van der Waals surface area contributed by atoms with Gasteiger partial charge in [0, 0.05) is 25.4 Å². The van der Waals surface area contributed by atoms with E-state index in [1.165, 1.54) is 0 Å². The van der Waals surface area contributed by atoms with E-state index in [-0.39, 0.29) is 5.56 Å². The van der Waals surface area contributed by atoms with Crippen molar-refractivity contribution in [1.82, 2.24) is 4.57 Å². The number of nitrogens with two attached hydrogens (primary N) is 1. The van der Waals surface area contributed by atoms with Crippen molar-refractivity contribution in [2.24, 2.45) is 5.73 Å². The molecule has 0 aliphatic heterocycles. The molecular weight excluding hydrogens is 268 g/mol. The van der Waals surface area contributed by atoms with E-state index >= 15 is 0 Å². The SMILES string of the molecule is COCCn1cccc(C(N)c2ccc(OC)cc2)c1=O. The molecule has 1 atom stereocenters. The van der Waals surface area contributed by atoms with Crippen LogP contribution < -0.4 is 16.0 Å². The van der Waals surface area contributed by atoms with Gasteiger partial charge < -0.3 is 19.8 Å². The van der Waals surface area contributed by atoms with Gasteiger partial charge in [-0.25, -0.2) is 0 Å². The van der Waals surface area contributed by atoms with Crippen molar-refractivity contribution >= 4 is 0 Å². The summed E-state index contributed by atoms with van der Waals surface area (Å²) in [7, 11) is 3.22. The Bertz CT molecular complexity index is 635. The molecule has 1 heterocycles. The minimum Gasteiger partial charge on any atom is -0.497 e. The summed E-state index contributed by atoms with van der Waals surface area (Å²) in [6.07, 6.45) is 1.74. The predicted molar refractivity (Wildman–Crippen MR) is 81.6 cm³/mol. The maximum atomic E-state index is 12.4. The van der Waals surface area contributed by atoms with Crippen LogP contribution in [0.25, 0.3) is 0 Å². The molecule has 5 nitrogen and oxygen atoms in total. The summed E-state index contributed by atoms with van der Waals surface area (Å²) in [6, 6.07) is 10.5. The Morgan fingerprint density at radius 2 is 1.90 bits per heavy atom. The van der Waals surface area contributed by atoms with E-state index in [1.54, 1.807) is 31.0 Å². The van der Waals surface area contributed by atoms with Crippen LogP contribution in [0.4, 0.5) is 0 Å². The Morgan fingerprint density at radius 3 is 2.52 bits per heavy atom. The first-order valence-corrected chi connectivity index (χ1v) is 6.75. The van der Waals surface area contributed by atoms with Crippen molar-refractivity contribution in [2.75, 3.05) is 20.8 Å². The van der Waals surface area contributed by atoms with E-state index in [1.807, 2.05) is 30.3 Å². The molecule has 1 aromatic carbocycles. The molecule has 5 heteroatoms. The average Bonchev–Trinajstić information content (AvgIpc) is 2.53. The van der Waals surface area contributed by atoms with E-state index in [4.69, 9.17) is 15.2 Å². The van der Waals surface area contributed by atoms with E-state index in [9.17, 15) is 4.79 Å². The molecule has 0 saturated heterocycles. The van der Waals surface area contributed by atoms with Crippen LogP contribution in [-0.4, -0.2) is 25.4 Å². The summed E-state index contributed by atoms with van der Waals surface area (Å²) in [6.45, 7) is 1.000. The second-order valence-electron chi connectivity index (χ2n) is 4.71. The van der Waals surface area contributed by atoms with Crippen molar-refractivity contribution in [3.63, 3.8) is 0 Å². The highest BCUT2D eigenvalue weighted by molar-refractivity contribution is 5.34. The van der Waals surface area contributed by atoms with Gasteiger partial charge in [-0.05, 0) is 23.8 Å². The second-order valence-corrected chi connectivity index (χ2v) is 4.71. The summed E-state index contributed by atoms with van der Waals surface area (Å²) in [5.41, 5.74) is 7.58. The maximum absolute atomic E-state index is 12.4. The van der Waals surface area contributed by atoms with Crippen molar-refractivity contribution in [3.8, 4) is 5.75 Å². The van der Waals surface area contributed by atoms with E-state index < -0.39 is 6.04 Å². The topological polar surface area (TPSA) is 66.5 Å². The number of methoxy groups -OCH3 is 2. The van der Waals surface area contributed by atoms with Crippen LogP contribution in [0.5, 0.6) is 5.75 Å². The molecule has 0 bridgehead atoms. The molecule has 1 unspecified atom stereocenters. The van der Waals surface area contributed by atoms with Gasteiger partial charge in [0.1, 0.15) is 5.75 Å². The molecule has 0 aliphatic carbocycles. The van der Waals surface area contributed by atoms with Gasteiger partial charge in [0.25, 0.3) is 5.56 Å². The Kier molecular flexibility index (Phi) is 5.14. The zero-order valence-corrected chi connectivity index (χ0v) is 12.3. The summed E-state index contributed by atoms with van der Waals surface area (Å²) in [5, 5.41) is 0. The number of hydrogen-bond acceptors (Lipinski definition) is 4. The molecule has 112 valence electrons. The van der Waals surface area contributed by atoms with Crippen LogP contribution in [0.2, 0.25) is 0 Å². The third kappa shape index (κ3) is 3.51. The number of hydrogen-bond donors (Lipinski definition) is 1. The fraction of sp³-hybridized carbons (Fsp3) is 0.312. The number of benzene rings is 1. The Balaban J connectivity index is 2.29. The molecule has 2 rings (SSSR count). The van der Waals surface area contributed by atoms with Gasteiger partial charge in [-0.3, -0.25) is 4.79 Å². The lowest BCUT2D eigenvalue weighted by Gasteiger charge is -2.14. The number of aromatic nitrogens is 1. The van der Waals surface area contributed by atoms with Gasteiger partial charge in [-0.15, -0.1) is 0 Å². The number of pyridine rings is 1. The molecule has 0 saturated carbocycles. The minimum absolute atomic E-state index is 0.0853. The van der Waals surface area contributed by atoms with Crippen LogP contribution in [0.1, 0.15) is 17.2 Å². The lowest BCUT2D eigenvalue weighted by atomic mass is 10.0. The van der Waals surface area contributed by atoms with Gasteiger partial charge in [0.15, 0.2) is 0 Å². The number of ether oxygens (including phenoxy) is 2. The zero-order valence-electron chi connectivity index (χ0n) is 12.3. The Labute approximate surface area is 123 Å². The highest BCUT2D eigenvalue weighted by Crippen LogP contribution is 2.19. The standard InChI is InChI=1S/C16H20N2O3/c1-20-11-10-18-9-3-4-14(16(18)19)15(17)12-5-7-13(21-2)8-6-12/h3-9,15H,10-11,17H2,1-2H3. The van der Waals surface area contributed by atoms with Gasteiger partial charge in [-0.1, -0.05) is 18.2 Å². The highest BCUT2D eigenvalue weighted by atomic mass is 16.5. The molecule has 2 aromatic rings. The smallest absolute Gasteiger partial charge is 0.255 e. The van der Waals surface area contributed by atoms with Gasteiger partial charge in [0.05, 0.1) is 19.8 Å². The number of rotatable bonds is 6. The van der Waals surface area contributed by atoms with Crippen molar-refractivity contribution in [1.29, 1.82) is 0 Å². The van der Waals surface area contributed by atoms with E-state index in [2.05, 4.69) is 0 Å². The predicted octanol–water partition coefficient (Wildman–Crippen LogP) is 1.55. The molecule has 0 radical (unpaired) electrons. The minimum atomic E-state index is -0.460. The highest BCUT2D eigenvalue weighted by Gasteiger charge is 2.14. The molecule has 0 spiro atoms. The third-order valence-corrected chi connectivity index (χ3v) is 3.40. The Hall–Kier alpha value is -2.11. The van der Waals surface area contributed by atoms with Crippen LogP contribution in [0, 0.1) is 0 Å². The number of nitrogens with zero attached hydrogens (tertiary/aromatic N) is 1. The summed E-state index contributed by atoms with van der Waals surface area (Å²) >= 11 is 0. The molecular formula is C16H20N2O3. The first-order valence-electron chi connectivity index (χ1n) is 6.75. The summed E-state index contributed by atoms with van der Waals surface area (Å²) in [5.74, 6) is 0.761. The van der Waals surface area contributed by atoms with E-state index in [0.717, 1.165) is 11.3 Å². The van der Waals surface area contributed by atoms with Crippen LogP contribution >= 0.6 is 0 Å². The van der Waals surface area contributed by atoms with Crippen LogP contribution in [0.15, 0.2) is 47.4 Å². The largest absolute Gasteiger partial charge is 0.497 e. The first-order chi connectivity index (χ1) is 10.2. The van der Waals surface area contributed by atoms with E-state index in [0.29, 0.717) is 18.7 Å². The second kappa shape index (κ2) is 7.06. The van der Waals surface area contributed by atoms with Crippen LogP contribution in [0.3, 0.4) is 0 Å².